The van der Waals surface area contributed by atoms with E-state index in [4.69, 9.17) is 27.9 Å². The van der Waals surface area contributed by atoms with Crippen molar-refractivity contribution in [3.8, 4) is 5.75 Å². The number of hydrogen-bond donors (Lipinski definition) is 1. The van der Waals surface area contributed by atoms with Crippen molar-refractivity contribution in [1.82, 2.24) is 10.2 Å². The normalized spacial score (nSPS) is 11.9. The van der Waals surface area contributed by atoms with Gasteiger partial charge in [-0.1, -0.05) is 48.3 Å². The predicted octanol–water partition coefficient (Wildman–Crippen LogP) is 5.32. The number of rotatable bonds is 9. The third-order valence-corrected chi connectivity index (χ3v) is 5.80. The van der Waals surface area contributed by atoms with Crippen LogP contribution in [0.25, 0.3) is 0 Å². The van der Waals surface area contributed by atoms with E-state index in [1.165, 1.54) is 0 Å². The molecule has 5 nitrogen and oxygen atoms in total. The second kappa shape index (κ2) is 11.4. The largest absolute Gasteiger partial charge is 0.483 e. The Morgan fingerprint density at radius 1 is 1.10 bits per heavy atom. The fraction of sp³-hybridized carbons (Fsp3) is 0.417. The van der Waals surface area contributed by atoms with Gasteiger partial charge in [0.2, 0.25) is 5.91 Å². The van der Waals surface area contributed by atoms with Gasteiger partial charge in [-0.15, -0.1) is 0 Å². The molecule has 2 rings (SSSR count). The molecule has 2 amide bonds. The Balaban J connectivity index is 2.27. The lowest BCUT2D eigenvalue weighted by atomic mass is 10.1. The Hall–Kier alpha value is -2.24. The first kappa shape index (κ1) is 25.0. The summed E-state index contributed by atoms with van der Waals surface area (Å²) in [5, 5.41) is 3.74. The summed E-state index contributed by atoms with van der Waals surface area (Å²) in [6.07, 6.45) is 0.467. The molecule has 0 fully saturated rings. The average molecular weight is 465 g/mol. The highest BCUT2D eigenvalue weighted by molar-refractivity contribution is 6.42. The molecule has 0 radical (unpaired) electrons. The van der Waals surface area contributed by atoms with Crippen LogP contribution >= 0.6 is 23.2 Å². The quantitative estimate of drug-likeness (QED) is 0.545. The molecule has 0 heterocycles. The SMILES string of the molecule is CCC(C(=O)NC(C)C)N(Cc1ccc(Cl)c(Cl)c1)C(=O)COc1cccc(C)c1C. The van der Waals surface area contributed by atoms with Crippen molar-refractivity contribution >= 4 is 35.0 Å². The molecule has 7 heteroatoms. The molecule has 0 aromatic heterocycles. The van der Waals surface area contributed by atoms with Gasteiger partial charge in [-0.2, -0.15) is 0 Å². The maximum absolute atomic E-state index is 13.2. The number of carbonyl (C=O) groups excluding carboxylic acids is 2. The van der Waals surface area contributed by atoms with Crippen molar-refractivity contribution in [2.24, 2.45) is 0 Å². The van der Waals surface area contributed by atoms with Crippen molar-refractivity contribution in [3.63, 3.8) is 0 Å². The van der Waals surface area contributed by atoms with Crippen LogP contribution in [0, 0.1) is 13.8 Å². The summed E-state index contributed by atoms with van der Waals surface area (Å²) < 4.78 is 5.83. The maximum Gasteiger partial charge on any atom is 0.261 e. The average Bonchev–Trinajstić information content (AvgIpc) is 2.70. The van der Waals surface area contributed by atoms with E-state index in [9.17, 15) is 9.59 Å². The smallest absolute Gasteiger partial charge is 0.261 e. The first-order chi connectivity index (χ1) is 14.6. The summed E-state index contributed by atoms with van der Waals surface area (Å²) in [5.74, 6) is 0.179. The minimum absolute atomic E-state index is 0.0327. The summed E-state index contributed by atoms with van der Waals surface area (Å²) in [5.41, 5.74) is 2.85. The zero-order chi connectivity index (χ0) is 23.1. The van der Waals surface area contributed by atoms with Gasteiger partial charge in [-0.05, 0) is 69.0 Å². The molecule has 0 aliphatic carbocycles. The van der Waals surface area contributed by atoms with Gasteiger partial charge in [0.25, 0.3) is 5.91 Å². The summed E-state index contributed by atoms with van der Waals surface area (Å²) in [6.45, 7) is 9.65. The minimum Gasteiger partial charge on any atom is -0.483 e. The number of halogens is 2. The molecule has 2 aromatic rings. The van der Waals surface area contributed by atoms with Crippen LogP contribution in [0.4, 0.5) is 0 Å². The number of amides is 2. The fourth-order valence-electron chi connectivity index (χ4n) is 3.24. The van der Waals surface area contributed by atoms with Crippen LogP contribution in [-0.4, -0.2) is 35.4 Å². The lowest BCUT2D eigenvalue weighted by molar-refractivity contribution is -0.143. The molecule has 1 atom stereocenters. The zero-order valence-electron chi connectivity index (χ0n) is 18.7. The maximum atomic E-state index is 13.2. The molecular formula is C24H30Cl2N2O3. The molecule has 0 aliphatic heterocycles. The van der Waals surface area contributed by atoms with Gasteiger partial charge in [0, 0.05) is 12.6 Å². The molecule has 2 aromatic carbocycles. The van der Waals surface area contributed by atoms with E-state index in [1.54, 1.807) is 23.1 Å². The van der Waals surface area contributed by atoms with Crippen LogP contribution in [0.15, 0.2) is 36.4 Å². The highest BCUT2D eigenvalue weighted by Gasteiger charge is 2.29. The van der Waals surface area contributed by atoms with E-state index in [0.29, 0.717) is 22.2 Å². The van der Waals surface area contributed by atoms with Crippen LogP contribution in [0.5, 0.6) is 5.75 Å². The van der Waals surface area contributed by atoms with Crippen LogP contribution in [0.1, 0.15) is 43.9 Å². The monoisotopic (exact) mass is 464 g/mol. The Morgan fingerprint density at radius 3 is 2.42 bits per heavy atom. The zero-order valence-corrected chi connectivity index (χ0v) is 20.2. The lowest BCUT2D eigenvalue weighted by Gasteiger charge is -2.31. The molecule has 31 heavy (non-hydrogen) atoms. The summed E-state index contributed by atoms with van der Waals surface area (Å²) in [7, 11) is 0. The van der Waals surface area contributed by atoms with E-state index < -0.39 is 6.04 Å². The Kier molecular flexibility index (Phi) is 9.20. The Bertz CT molecular complexity index is 931. The molecule has 0 saturated carbocycles. The molecule has 0 bridgehead atoms. The summed E-state index contributed by atoms with van der Waals surface area (Å²) in [6, 6.07) is 10.2. The van der Waals surface area contributed by atoms with E-state index >= 15 is 0 Å². The van der Waals surface area contributed by atoms with Gasteiger partial charge < -0.3 is 15.0 Å². The molecule has 0 aliphatic rings. The van der Waals surface area contributed by atoms with Gasteiger partial charge in [0.05, 0.1) is 10.0 Å². The summed E-state index contributed by atoms with van der Waals surface area (Å²) in [4.78, 5) is 27.6. The predicted molar refractivity (Wildman–Crippen MR) is 126 cm³/mol. The fourth-order valence-corrected chi connectivity index (χ4v) is 3.56. The van der Waals surface area contributed by atoms with Gasteiger partial charge in [-0.25, -0.2) is 0 Å². The molecule has 1 unspecified atom stereocenters. The van der Waals surface area contributed by atoms with Crippen molar-refractivity contribution in [1.29, 1.82) is 0 Å². The van der Waals surface area contributed by atoms with E-state index in [1.807, 2.05) is 52.8 Å². The minimum atomic E-state index is -0.633. The van der Waals surface area contributed by atoms with Crippen LogP contribution in [0.2, 0.25) is 10.0 Å². The number of benzene rings is 2. The first-order valence-corrected chi connectivity index (χ1v) is 11.1. The van der Waals surface area contributed by atoms with Crippen molar-refractivity contribution in [2.45, 2.75) is 59.7 Å². The number of nitrogens with zero attached hydrogens (tertiary/aromatic N) is 1. The molecule has 0 spiro atoms. The second-order valence-corrected chi connectivity index (χ2v) is 8.66. The summed E-state index contributed by atoms with van der Waals surface area (Å²) >= 11 is 12.2. The van der Waals surface area contributed by atoms with Crippen LogP contribution < -0.4 is 10.1 Å². The first-order valence-electron chi connectivity index (χ1n) is 10.4. The van der Waals surface area contributed by atoms with E-state index in [2.05, 4.69) is 5.32 Å². The van der Waals surface area contributed by atoms with Gasteiger partial charge in [0.15, 0.2) is 6.61 Å². The number of nitrogens with one attached hydrogen (secondary N) is 1. The molecule has 168 valence electrons. The molecule has 0 saturated heterocycles. The lowest BCUT2D eigenvalue weighted by Crippen LogP contribution is -2.51. The van der Waals surface area contributed by atoms with Crippen molar-refractivity contribution < 1.29 is 14.3 Å². The van der Waals surface area contributed by atoms with Crippen LogP contribution in [0.3, 0.4) is 0 Å². The third-order valence-electron chi connectivity index (χ3n) is 5.06. The van der Waals surface area contributed by atoms with E-state index in [-0.39, 0.29) is 31.0 Å². The van der Waals surface area contributed by atoms with Gasteiger partial charge >= 0.3 is 0 Å². The van der Waals surface area contributed by atoms with Gasteiger partial charge in [-0.3, -0.25) is 9.59 Å². The van der Waals surface area contributed by atoms with Crippen molar-refractivity contribution in [2.75, 3.05) is 6.61 Å². The molecule has 1 N–H and O–H groups in total. The number of carbonyl (C=O) groups is 2. The number of hydrogen-bond acceptors (Lipinski definition) is 3. The standard InChI is InChI=1S/C24H30Cl2N2O3/c1-6-21(24(30)27-15(2)3)28(13-18-10-11-19(25)20(26)12-18)23(29)14-31-22-9-7-8-16(4)17(22)5/h7-12,15,21H,6,13-14H2,1-5H3,(H,27,30). The molecular weight excluding hydrogens is 435 g/mol. The van der Waals surface area contributed by atoms with Gasteiger partial charge in [0.1, 0.15) is 11.8 Å². The highest BCUT2D eigenvalue weighted by atomic mass is 35.5. The van der Waals surface area contributed by atoms with E-state index in [0.717, 1.165) is 16.7 Å². The Labute approximate surface area is 194 Å². The Morgan fingerprint density at radius 2 is 1.81 bits per heavy atom. The van der Waals surface area contributed by atoms with Crippen LogP contribution in [-0.2, 0) is 16.1 Å². The third kappa shape index (κ3) is 6.88. The number of ether oxygens (including phenoxy) is 1. The number of aryl methyl sites for hydroxylation is 1. The topological polar surface area (TPSA) is 58.6 Å². The highest BCUT2D eigenvalue weighted by Crippen LogP contribution is 2.25. The van der Waals surface area contributed by atoms with Crippen molar-refractivity contribution in [3.05, 3.63) is 63.1 Å². The second-order valence-electron chi connectivity index (χ2n) is 7.84.